The number of aliphatic hydroxyl groups is 3. The number of unbranched alkanes of at least 4 members (excludes halogenated alkanes) is 2. The van der Waals surface area contributed by atoms with Crippen LogP contribution in [0.3, 0.4) is 0 Å². The molecule has 1 fully saturated rings. The van der Waals surface area contributed by atoms with Crippen molar-refractivity contribution in [1.82, 2.24) is 84.7 Å². The molecule has 1 saturated heterocycles. The van der Waals surface area contributed by atoms with Crippen LogP contribution in [0, 0.1) is 29.6 Å². The van der Waals surface area contributed by atoms with Crippen molar-refractivity contribution >= 4 is 118 Å². The van der Waals surface area contributed by atoms with Gasteiger partial charge in [-0.1, -0.05) is 75.7 Å². The Morgan fingerprint density at radius 3 is 1.20 bits per heavy atom. The number of aliphatic carboxylic acids is 4. The Hall–Kier alpha value is -10.8. The Labute approximate surface area is 688 Å². The van der Waals surface area contributed by atoms with Crippen LogP contribution in [0.1, 0.15) is 166 Å². The highest BCUT2D eigenvalue weighted by Gasteiger charge is 2.42. The second-order valence-electron chi connectivity index (χ2n) is 30.6. The lowest BCUT2D eigenvalue weighted by atomic mass is 9.98. The minimum Gasteiger partial charge on any atom is -0.481 e. The molecule has 1 aliphatic heterocycles. The number of rotatable bonds is 57. The van der Waals surface area contributed by atoms with Crippen LogP contribution in [-0.4, -0.2) is 302 Å². The lowest BCUT2D eigenvalue weighted by Gasteiger charge is -2.31. The number of carbonyl (C=O) groups is 20. The molecule has 15 atom stereocenters. The van der Waals surface area contributed by atoms with Crippen LogP contribution >= 0.6 is 0 Å². The Balaban J connectivity index is 3.23. The third-order valence-electron chi connectivity index (χ3n) is 18.6. The number of carboxylic acids is 4. The van der Waals surface area contributed by atoms with Gasteiger partial charge in [-0.2, -0.15) is 0 Å². The molecule has 0 aromatic carbocycles. The first-order valence-electron chi connectivity index (χ1n) is 39.4. The first kappa shape index (κ1) is 106. The largest absolute Gasteiger partial charge is 0.481 e. The van der Waals surface area contributed by atoms with Gasteiger partial charge >= 0.3 is 23.9 Å². The van der Waals surface area contributed by atoms with E-state index in [1.165, 1.54) is 55.4 Å². The summed E-state index contributed by atoms with van der Waals surface area (Å²) in [7, 11) is 0. The zero-order valence-corrected chi connectivity index (χ0v) is 69.1. The number of hydrogen-bond donors (Lipinski definition) is 25. The number of carbonyl (C=O) groups excluding carboxylic acids is 16. The van der Waals surface area contributed by atoms with Gasteiger partial charge in [0.2, 0.25) is 94.5 Å². The topological polar surface area (TPSA) is 745 Å². The van der Waals surface area contributed by atoms with E-state index in [1.807, 2.05) is 5.32 Å². The van der Waals surface area contributed by atoms with Gasteiger partial charge in [0.15, 0.2) is 0 Å². The fourth-order valence-electron chi connectivity index (χ4n) is 11.9. The van der Waals surface area contributed by atoms with E-state index < -0.39 is 298 Å². The fraction of sp³-hybridized carbons (Fsp3) is 0.726. The number of aliphatic hydroxyl groups excluding tert-OH is 3. The van der Waals surface area contributed by atoms with Gasteiger partial charge in [-0.15, -0.1) is 0 Å². The number of nitrogens with zero attached hydrogens (tertiary/aromatic N) is 1. The summed E-state index contributed by atoms with van der Waals surface area (Å²) in [5, 5.41) is 104. The second-order valence-corrected chi connectivity index (χ2v) is 30.6. The van der Waals surface area contributed by atoms with Crippen LogP contribution in [0.4, 0.5) is 0 Å². The molecule has 0 radical (unpaired) electrons. The molecule has 16 amide bonds. The SMILES string of the molecule is CC(C)C[C@H](NC(=O)[C@H](CO)NC(=O)[C@@H](NC(=O)[C@@H](NC(=O)[C@@H](NC(=O)[C@@H](NC(=O)[C@H](CC(=O)O)NC(=O)CNC(=O)[C@@H](NC(=O)[C@H](CCCCN)NC(=O)[C@H](CO)NC(=O)[C@@H](N)CCCCN)C(C)C)C(C)C)C(C)C)[C@@H](C)O)C(C)C)C(=O)N1CCC[C@H]1C(=O)NCC(=O)NCC(=O)N[C@@H](CCC(=O)O)C(=O)N[C@@H](CCC(=O)O)C(=O)O. The molecule has 0 bridgehead atoms. The summed E-state index contributed by atoms with van der Waals surface area (Å²) >= 11 is 0. The molecule has 1 rings (SSSR count). The van der Waals surface area contributed by atoms with Crippen molar-refractivity contribution in [1.29, 1.82) is 0 Å². The van der Waals surface area contributed by atoms with E-state index in [1.54, 1.807) is 13.8 Å². The van der Waals surface area contributed by atoms with Gasteiger partial charge in [0.1, 0.15) is 78.5 Å². The van der Waals surface area contributed by atoms with E-state index in [-0.39, 0.29) is 51.1 Å². The number of nitrogens with one attached hydrogen (secondary N) is 15. The smallest absolute Gasteiger partial charge is 0.326 e. The van der Waals surface area contributed by atoms with Crippen molar-refractivity contribution in [3.05, 3.63) is 0 Å². The van der Waals surface area contributed by atoms with E-state index in [0.717, 1.165) is 11.8 Å². The number of carboxylic acid groups (broad SMARTS) is 4. The van der Waals surface area contributed by atoms with Crippen LogP contribution in [0.25, 0.3) is 0 Å². The molecule has 46 heteroatoms. The zero-order valence-electron chi connectivity index (χ0n) is 69.1. The van der Waals surface area contributed by atoms with Crippen LogP contribution in [0.2, 0.25) is 0 Å². The Morgan fingerprint density at radius 2 is 0.748 bits per heavy atom. The predicted octanol–water partition coefficient (Wildman–Crippen LogP) is -8.95. The van der Waals surface area contributed by atoms with Gasteiger partial charge in [-0.05, 0) is 114 Å². The maximum Gasteiger partial charge on any atom is 0.326 e. The monoisotopic (exact) mass is 1700 g/mol. The van der Waals surface area contributed by atoms with Crippen molar-refractivity contribution in [2.45, 2.75) is 257 Å². The summed E-state index contributed by atoms with van der Waals surface area (Å²) in [6.45, 7) is 12.5. The van der Waals surface area contributed by atoms with Gasteiger partial charge in [-0.3, -0.25) is 91.1 Å². The minimum absolute atomic E-state index is 0.0107. The average molecular weight is 1700 g/mol. The summed E-state index contributed by atoms with van der Waals surface area (Å²) in [6.07, 6.45) is -2.88. The fourth-order valence-corrected chi connectivity index (χ4v) is 11.9. The summed E-state index contributed by atoms with van der Waals surface area (Å²) in [4.78, 5) is 265. The van der Waals surface area contributed by atoms with Crippen molar-refractivity contribution < 1.29 is 132 Å². The van der Waals surface area contributed by atoms with E-state index in [9.17, 15) is 127 Å². The molecule has 0 aromatic heterocycles. The first-order chi connectivity index (χ1) is 55.7. The molecular formula is C73H125N19O27. The molecule has 0 aliphatic carbocycles. The van der Waals surface area contributed by atoms with Gasteiger partial charge in [-0.25, -0.2) is 4.79 Å². The molecule has 0 saturated carbocycles. The molecule has 28 N–H and O–H groups in total. The van der Waals surface area contributed by atoms with Gasteiger partial charge in [0.25, 0.3) is 0 Å². The van der Waals surface area contributed by atoms with Gasteiger partial charge < -0.3 is 138 Å². The van der Waals surface area contributed by atoms with E-state index in [2.05, 4.69) is 74.4 Å². The van der Waals surface area contributed by atoms with Crippen LogP contribution in [0.5, 0.6) is 0 Å². The highest BCUT2D eigenvalue weighted by atomic mass is 16.4. The number of nitrogens with two attached hydrogens (primary N) is 3. The Bertz CT molecular complexity index is 3490. The molecule has 1 aliphatic rings. The highest BCUT2D eigenvalue weighted by molar-refractivity contribution is 6.01. The number of hydrogen-bond acceptors (Lipinski definition) is 26. The number of amides is 16. The summed E-state index contributed by atoms with van der Waals surface area (Å²) < 4.78 is 0. The lowest BCUT2D eigenvalue weighted by Crippen LogP contribution is -2.63. The molecular weight excluding hydrogens is 1570 g/mol. The third-order valence-corrected chi connectivity index (χ3v) is 18.6. The second kappa shape index (κ2) is 54.3. The maximum absolute atomic E-state index is 14.3. The highest BCUT2D eigenvalue weighted by Crippen LogP contribution is 2.22. The Morgan fingerprint density at radius 1 is 0.378 bits per heavy atom. The quantitative estimate of drug-likeness (QED) is 0.0252. The van der Waals surface area contributed by atoms with Crippen molar-refractivity contribution in [2.24, 2.45) is 46.8 Å². The first-order valence-corrected chi connectivity index (χ1v) is 39.4. The van der Waals surface area contributed by atoms with Crippen LogP contribution < -0.4 is 97.0 Å². The zero-order chi connectivity index (χ0) is 90.8. The van der Waals surface area contributed by atoms with Crippen LogP contribution in [0.15, 0.2) is 0 Å². The number of likely N-dealkylation sites (tertiary alicyclic amines) is 1. The summed E-state index contributed by atoms with van der Waals surface area (Å²) in [6, 6.07) is -21.6. The maximum atomic E-state index is 14.3. The molecule has 0 spiro atoms. The van der Waals surface area contributed by atoms with E-state index >= 15 is 0 Å². The van der Waals surface area contributed by atoms with E-state index in [4.69, 9.17) is 22.3 Å². The van der Waals surface area contributed by atoms with Gasteiger partial charge in [0.05, 0.1) is 51.4 Å². The van der Waals surface area contributed by atoms with Crippen LogP contribution in [-0.2, 0) is 95.9 Å². The minimum atomic E-state index is -1.91. The Kier molecular flexibility index (Phi) is 48.4. The average Bonchev–Trinajstić information content (AvgIpc) is 1.76. The normalized spacial score (nSPS) is 16.1. The summed E-state index contributed by atoms with van der Waals surface area (Å²) in [5.74, 6) is -25.6. The van der Waals surface area contributed by atoms with Crippen molar-refractivity contribution in [3.63, 3.8) is 0 Å². The molecule has 46 nitrogen and oxygen atoms in total. The molecule has 0 aromatic rings. The van der Waals surface area contributed by atoms with Gasteiger partial charge in [0, 0.05) is 19.4 Å². The molecule has 674 valence electrons. The predicted molar refractivity (Wildman–Crippen MR) is 419 cm³/mol. The lowest BCUT2D eigenvalue weighted by molar-refractivity contribution is -0.144. The van der Waals surface area contributed by atoms with E-state index in [0.29, 0.717) is 32.2 Å². The standard InChI is InChI=1S/C73H125N19O27/c1-34(2)27-45(72(117)92-26-16-19-48(92)66(111)78-29-49(96)77-30-50(97)80-42(20-22-52(99)100)61(106)83-43(73(118)119)21-23-53(101)102)84-65(110)47(33-94)86-68(113)56(36(5)6)90-71(116)59(39(11)95)91-70(115)58(38(9)10)89-69(114)57(37(7)8)88-63(108)44(28-54(103)104)81-51(98)31-79-67(112)55(35(3)4)87-62(107)41(18-13-15-25-75)82-64(109)46(32-93)85-60(105)40(76)17-12-14-24-74/h34-48,55-59,93-95H,12-33,74-76H2,1-11H3,(H,77,96)(H,78,111)(H,79,112)(H,80,97)(H,81,98)(H,82,109)(H,83,106)(H,84,110)(H,85,105)(H,86,113)(H,87,107)(H,88,108)(H,89,114)(H,90,116)(H,91,115)(H,99,100)(H,101,102)(H,103,104)(H,118,119)/t39-,40+,41+,42+,43+,44+,45+,46+,47+,48+,55+,56+,57+,58+,59+/m1/s1. The van der Waals surface area contributed by atoms with Crippen molar-refractivity contribution in [3.8, 4) is 0 Å². The molecule has 119 heavy (non-hydrogen) atoms. The van der Waals surface area contributed by atoms with Crippen molar-refractivity contribution in [2.75, 3.05) is 52.5 Å². The summed E-state index contributed by atoms with van der Waals surface area (Å²) in [5.41, 5.74) is 17.1. The molecule has 1 heterocycles. The third kappa shape index (κ3) is 39.1. The molecule has 0 unspecified atom stereocenters.